The molecule has 5 nitrogen and oxygen atoms in total. The van der Waals surface area contributed by atoms with Crippen molar-refractivity contribution in [2.24, 2.45) is 0 Å². The second-order valence-corrected chi connectivity index (χ2v) is 4.29. The Balaban J connectivity index is 3.60. The summed E-state index contributed by atoms with van der Waals surface area (Å²) in [4.78, 5) is 11.3. The third-order valence-electron chi connectivity index (χ3n) is 2.68. The number of hydrogen-bond donors (Lipinski definition) is 2. The summed E-state index contributed by atoms with van der Waals surface area (Å²) in [6, 6.07) is 0. The van der Waals surface area contributed by atoms with E-state index in [2.05, 4.69) is 0 Å². The molecule has 0 aliphatic carbocycles. The Morgan fingerprint density at radius 3 is 2.53 bits per heavy atom. The van der Waals surface area contributed by atoms with Crippen LogP contribution in [0.15, 0.2) is 12.2 Å². The maximum Gasteiger partial charge on any atom is 0.306 e. The van der Waals surface area contributed by atoms with Crippen LogP contribution in [0.25, 0.3) is 0 Å². The lowest BCUT2D eigenvalue weighted by molar-refractivity contribution is -0.142. The molecule has 0 radical (unpaired) electrons. The first-order chi connectivity index (χ1) is 9.24. The van der Waals surface area contributed by atoms with Gasteiger partial charge in [-0.2, -0.15) is 0 Å². The quantitative estimate of drug-likeness (QED) is 0.320. The molecule has 1 atom stereocenters. The summed E-state index contributed by atoms with van der Waals surface area (Å²) >= 11 is 0. The number of rotatable bonds is 12. The highest BCUT2D eigenvalue weighted by Gasteiger charge is 2.03. The number of carbonyl (C=O) groups is 1. The van der Waals surface area contributed by atoms with Crippen molar-refractivity contribution in [2.45, 2.75) is 44.6 Å². The summed E-state index contributed by atoms with van der Waals surface area (Å²) in [5, 5.41) is 17.3. The van der Waals surface area contributed by atoms with Gasteiger partial charge in [0.05, 0.1) is 6.10 Å². The highest BCUT2D eigenvalue weighted by Crippen LogP contribution is 2.03. The third-order valence-corrected chi connectivity index (χ3v) is 2.68. The first-order valence-electron chi connectivity index (χ1n) is 6.81. The molecule has 0 amide bonds. The summed E-state index contributed by atoms with van der Waals surface area (Å²) in [5.41, 5.74) is 0. The Bertz CT molecular complexity index is 240. The zero-order valence-electron chi connectivity index (χ0n) is 11.7. The molecule has 0 heterocycles. The van der Waals surface area contributed by atoms with E-state index in [0.717, 1.165) is 25.7 Å². The predicted octanol–water partition coefficient (Wildman–Crippen LogP) is 1.43. The summed E-state index contributed by atoms with van der Waals surface area (Å²) in [5.74, 6) is -0.216. The van der Waals surface area contributed by atoms with Crippen molar-refractivity contribution in [1.82, 2.24) is 0 Å². The molecule has 0 aliphatic heterocycles. The van der Waals surface area contributed by atoms with Gasteiger partial charge in [0.15, 0.2) is 0 Å². The van der Waals surface area contributed by atoms with Gasteiger partial charge >= 0.3 is 5.97 Å². The molecule has 0 fully saturated rings. The number of aliphatic hydroxyl groups is 2. The molecule has 0 spiro atoms. The fourth-order valence-electron chi connectivity index (χ4n) is 1.56. The second-order valence-electron chi connectivity index (χ2n) is 4.29. The van der Waals surface area contributed by atoms with Crippen LogP contribution in [0.5, 0.6) is 0 Å². The molecule has 2 N–H and O–H groups in total. The normalized spacial score (nSPS) is 12.8. The van der Waals surface area contributed by atoms with Crippen molar-refractivity contribution in [2.75, 3.05) is 26.9 Å². The third kappa shape index (κ3) is 11.9. The Morgan fingerprint density at radius 2 is 1.89 bits per heavy atom. The van der Waals surface area contributed by atoms with Gasteiger partial charge in [0.25, 0.3) is 0 Å². The molecule has 0 aliphatic rings. The summed E-state index contributed by atoms with van der Waals surface area (Å²) in [6.45, 7) is 0.568. The summed E-state index contributed by atoms with van der Waals surface area (Å²) < 4.78 is 10.2. The molecule has 5 heteroatoms. The van der Waals surface area contributed by atoms with Gasteiger partial charge in [-0.3, -0.25) is 4.79 Å². The van der Waals surface area contributed by atoms with Crippen LogP contribution in [0.2, 0.25) is 0 Å². The Hall–Kier alpha value is -0.910. The number of unbranched alkanes of at least 4 members (excludes halogenated alkanes) is 2. The van der Waals surface area contributed by atoms with E-state index in [1.54, 1.807) is 13.2 Å². The maximum absolute atomic E-state index is 11.3. The van der Waals surface area contributed by atoms with E-state index in [0.29, 0.717) is 12.8 Å². The average molecular weight is 274 g/mol. The van der Waals surface area contributed by atoms with Gasteiger partial charge in [-0.05, 0) is 31.8 Å². The first kappa shape index (κ1) is 18.1. The van der Waals surface area contributed by atoms with Crippen molar-refractivity contribution in [3.8, 4) is 0 Å². The van der Waals surface area contributed by atoms with Crippen molar-refractivity contribution >= 4 is 5.97 Å². The van der Waals surface area contributed by atoms with Crippen LogP contribution in [0, 0.1) is 0 Å². The van der Waals surface area contributed by atoms with Crippen molar-refractivity contribution in [1.29, 1.82) is 0 Å². The molecule has 1 unspecified atom stereocenters. The number of methoxy groups -OCH3 is 1. The highest BCUT2D eigenvalue weighted by molar-refractivity contribution is 5.69. The van der Waals surface area contributed by atoms with Crippen molar-refractivity contribution in [3.05, 3.63) is 12.2 Å². The van der Waals surface area contributed by atoms with Crippen molar-refractivity contribution in [3.63, 3.8) is 0 Å². The lowest BCUT2D eigenvalue weighted by atomic mass is 10.2. The van der Waals surface area contributed by atoms with Gasteiger partial charge in [0.1, 0.15) is 6.61 Å². The van der Waals surface area contributed by atoms with Crippen molar-refractivity contribution < 1.29 is 24.5 Å². The minimum absolute atomic E-state index is 0.0459. The van der Waals surface area contributed by atoms with Gasteiger partial charge in [-0.25, -0.2) is 0 Å². The molecular formula is C14H26O5. The molecule has 0 bridgehead atoms. The first-order valence-corrected chi connectivity index (χ1v) is 6.81. The van der Waals surface area contributed by atoms with Gasteiger partial charge in [-0.1, -0.05) is 12.5 Å². The van der Waals surface area contributed by atoms with Crippen LogP contribution in [0.4, 0.5) is 0 Å². The van der Waals surface area contributed by atoms with E-state index in [-0.39, 0.29) is 31.9 Å². The minimum Gasteiger partial charge on any atom is -0.461 e. The monoisotopic (exact) mass is 274 g/mol. The fraction of sp³-hybridized carbons (Fsp3) is 0.786. The molecule has 0 aromatic carbocycles. The molecule has 0 saturated heterocycles. The number of aliphatic hydroxyl groups excluding tert-OH is 2. The fourth-order valence-corrected chi connectivity index (χ4v) is 1.56. The molecule has 112 valence electrons. The van der Waals surface area contributed by atoms with E-state index in [1.807, 2.05) is 6.08 Å². The van der Waals surface area contributed by atoms with Gasteiger partial charge in [-0.15, -0.1) is 0 Å². The molecule has 19 heavy (non-hydrogen) atoms. The van der Waals surface area contributed by atoms with Crippen LogP contribution in [-0.4, -0.2) is 49.2 Å². The molecule has 0 rings (SSSR count). The van der Waals surface area contributed by atoms with Crippen LogP contribution in [0.3, 0.4) is 0 Å². The van der Waals surface area contributed by atoms with Gasteiger partial charge < -0.3 is 19.7 Å². The average Bonchev–Trinajstić information content (AvgIpc) is 2.43. The second kappa shape index (κ2) is 13.5. The summed E-state index contributed by atoms with van der Waals surface area (Å²) in [6.07, 6.45) is 7.71. The topological polar surface area (TPSA) is 76.0 Å². The van der Waals surface area contributed by atoms with E-state index in [4.69, 9.17) is 19.7 Å². The molecule has 0 saturated carbocycles. The van der Waals surface area contributed by atoms with Crippen LogP contribution in [0.1, 0.15) is 38.5 Å². The number of carbonyl (C=O) groups excluding carboxylic acids is 1. The Morgan fingerprint density at radius 1 is 1.16 bits per heavy atom. The Kier molecular flexibility index (Phi) is 12.9. The van der Waals surface area contributed by atoms with E-state index in [9.17, 15) is 4.79 Å². The predicted molar refractivity (Wildman–Crippen MR) is 72.8 cm³/mol. The number of esters is 1. The zero-order chi connectivity index (χ0) is 14.3. The standard InChI is InChI=1S/C14H26O5/c1-18-13(7-5-11-16)8-6-12-19-14(17)9-3-2-4-10-15/h6,8,13,15-16H,2-5,7,9-12H2,1H3/b8-6+. The SMILES string of the molecule is COC(/C=C/COC(=O)CCCCCO)CCCO. The van der Waals surface area contributed by atoms with Crippen LogP contribution in [-0.2, 0) is 14.3 Å². The number of hydrogen-bond acceptors (Lipinski definition) is 5. The van der Waals surface area contributed by atoms with Crippen LogP contribution >= 0.6 is 0 Å². The lowest BCUT2D eigenvalue weighted by Gasteiger charge is -2.09. The molecule has 0 aromatic heterocycles. The zero-order valence-corrected chi connectivity index (χ0v) is 11.7. The lowest BCUT2D eigenvalue weighted by Crippen LogP contribution is -2.09. The van der Waals surface area contributed by atoms with Crippen LogP contribution < -0.4 is 0 Å². The van der Waals surface area contributed by atoms with E-state index < -0.39 is 0 Å². The van der Waals surface area contributed by atoms with Gasteiger partial charge in [0.2, 0.25) is 0 Å². The van der Waals surface area contributed by atoms with Gasteiger partial charge in [0, 0.05) is 26.7 Å². The summed E-state index contributed by atoms with van der Waals surface area (Å²) in [7, 11) is 1.61. The largest absolute Gasteiger partial charge is 0.461 e. The Labute approximate surface area is 115 Å². The van der Waals surface area contributed by atoms with E-state index >= 15 is 0 Å². The highest BCUT2D eigenvalue weighted by atomic mass is 16.5. The molecular weight excluding hydrogens is 248 g/mol. The number of ether oxygens (including phenoxy) is 2. The minimum atomic E-state index is -0.216. The van der Waals surface area contributed by atoms with E-state index in [1.165, 1.54) is 0 Å². The molecule has 0 aromatic rings. The maximum atomic E-state index is 11.3. The smallest absolute Gasteiger partial charge is 0.306 e.